The summed E-state index contributed by atoms with van der Waals surface area (Å²) >= 11 is 1.53. The average molecular weight is 391 g/mol. The van der Waals surface area contributed by atoms with Gasteiger partial charge in [-0.1, -0.05) is 31.0 Å². The summed E-state index contributed by atoms with van der Waals surface area (Å²) in [7, 11) is 0. The van der Waals surface area contributed by atoms with Crippen molar-refractivity contribution in [3.8, 4) is 17.6 Å². The van der Waals surface area contributed by atoms with Gasteiger partial charge >= 0.3 is 0 Å². The molecule has 0 fully saturated rings. The van der Waals surface area contributed by atoms with Gasteiger partial charge in [0.2, 0.25) is 0 Å². The lowest BCUT2D eigenvalue weighted by Crippen LogP contribution is -2.29. The molecule has 1 amide bonds. The predicted molar refractivity (Wildman–Crippen MR) is 112 cm³/mol. The van der Waals surface area contributed by atoms with Crippen molar-refractivity contribution in [1.82, 2.24) is 10.3 Å². The number of benzene rings is 1. The molecular weight excluding hydrogens is 370 g/mol. The number of hydrogen-bond acceptors (Lipinski definition) is 5. The second-order valence-electron chi connectivity index (χ2n) is 6.20. The highest BCUT2D eigenvalue weighted by Gasteiger charge is 2.21. The van der Waals surface area contributed by atoms with Crippen LogP contribution in [0.1, 0.15) is 52.3 Å². The molecule has 3 rings (SSSR count). The Morgan fingerprint density at radius 2 is 2.14 bits per heavy atom. The van der Waals surface area contributed by atoms with Gasteiger partial charge in [0.05, 0.1) is 11.6 Å². The van der Waals surface area contributed by atoms with E-state index in [1.165, 1.54) is 11.3 Å². The Morgan fingerprint density at radius 3 is 2.82 bits per heavy atom. The summed E-state index contributed by atoms with van der Waals surface area (Å²) in [5.74, 6) is 5.91. The monoisotopic (exact) mass is 391 g/mol. The highest BCUT2D eigenvalue weighted by molar-refractivity contribution is 7.10. The molecule has 5 nitrogen and oxygen atoms in total. The van der Waals surface area contributed by atoms with E-state index < -0.39 is 6.04 Å². The molecule has 3 aromatic rings. The summed E-state index contributed by atoms with van der Waals surface area (Å²) in [5, 5.41) is 14.8. The van der Waals surface area contributed by atoms with E-state index in [0.29, 0.717) is 11.3 Å². The number of thiophene rings is 1. The molecule has 28 heavy (non-hydrogen) atoms. The molecule has 0 aliphatic heterocycles. The van der Waals surface area contributed by atoms with Gasteiger partial charge < -0.3 is 16.2 Å². The maximum Gasteiger partial charge on any atom is 0.255 e. The van der Waals surface area contributed by atoms with E-state index in [1.807, 2.05) is 23.6 Å². The minimum absolute atomic E-state index is 0.140. The number of hydrogen-bond donors (Lipinski definition) is 3. The Balaban J connectivity index is 1.86. The highest BCUT2D eigenvalue weighted by Crippen LogP contribution is 2.28. The molecule has 0 aliphatic carbocycles. The van der Waals surface area contributed by atoms with Gasteiger partial charge in [0.25, 0.3) is 5.91 Å². The van der Waals surface area contributed by atoms with E-state index in [9.17, 15) is 9.90 Å². The number of nitrogen functional groups attached to an aromatic ring is 1. The molecule has 142 valence electrons. The molecule has 1 atom stereocenters. The van der Waals surface area contributed by atoms with E-state index in [4.69, 9.17) is 5.73 Å². The van der Waals surface area contributed by atoms with Crippen LogP contribution in [0.4, 0.5) is 5.82 Å². The lowest BCUT2D eigenvalue weighted by molar-refractivity contribution is 0.0944. The fourth-order valence-electron chi connectivity index (χ4n) is 2.70. The summed E-state index contributed by atoms with van der Waals surface area (Å²) in [6.07, 6.45) is 1.76. The number of anilines is 1. The molecule has 0 saturated heterocycles. The second kappa shape index (κ2) is 9.07. The van der Waals surface area contributed by atoms with Gasteiger partial charge in [0.15, 0.2) is 0 Å². The van der Waals surface area contributed by atoms with E-state index in [2.05, 4.69) is 29.1 Å². The Bertz CT molecular complexity index is 1020. The topological polar surface area (TPSA) is 88.2 Å². The molecule has 0 spiro atoms. The first kappa shape index (κ1) is 19.5. The highest BCUT2D eigenvalue weighted by atomic mass is 32.1. The third-order valence-corrected chi connectivity index (χ3v) is 5.00. The van der Waals surface area contributed by atoms with Gasteiger partial charge in [-0.2, -0.15) is 0 Å². The lowest BCUT2D eigenvalue weighted by atomic mass is 10.0. The number of carbonyl (C=O) groups excluding carboxylic acids is 1. The number of aromatic nitrogens is 1. The summed E-state index contributed by atoms with van der Waals surface area (Å²) in [5.41, 5.74) is 7.63. The first-order chi connectivity index (χ1) is 13.6. The number of nitrogens with zero attached hydrogens (tertiary/aromatic N) is 1. The van der Waals surface area contributed by atoms with Crippen molar-refractivity contribution in [3.05, 3.63) is 75.6 Å². The number of carbonyl (C=O) groups is 1. The van der Waals surface area contributed by atoms with Gasteiger partial charge in [-0.05, 0) is 53.6 Å². The van der Waals surface area contributed by atoms with Crippen LogP contribution in [0.15, 0.2) is 53.9 Å². The van der Waals surface area contributed by atoms with Gasteiger partial charge in [0, 0.05) is 11.3 Å². The zero-order chi connectivity index (χ0) is 19.9. The average Bonchev–Trinajstić information content (AvgIpc) is 3.20. The number of nitrogens with one attached hydrogen (secondary N) is 1. The van der Waals surface area contributed by atoms with Crippen molar-refractivity contribution >= 4 is 23.1 Å². The Morgan fingerprint density at radius 1 is 1.29 bits per heavy atom. The number of pyridine rings is 1. The molecular formula is C22H21N3O2S. The molecule has 1 aromatic carbocycles. The maximum atomic E-state index is 12.9. The first-order valence-corrected chi connectivity index (χ1v) is 9.85. The van der Waals surface area contributed by atoms with Crippen LogP contribution in [-0.2, 0) is 0 Å². The van der Waals surface area contributed by atoms with Crippen molar-refractivity contribution in [2.75, 3.05) is 5.73 Å². The number of nitrogens with two attached hydrogens (primary N) is 1. The summed E-state index contributed by atoms with van der Waals surface area (Å²) in [6.45, 7) is 2.06. The van der Waals surface area contributed by atoms with Crippen molar-refractivity contribution < 1.29 is 9.90 Å². The quantitative estimate of drug-likeness (QED) is 0.571. The molecule has 0 saturated carbocycles. The Hall–Kier alpha value is -3.30. The number of rotatable bonds is 5. The molecule has 0 radical (unpaired) electrons. The van der Waals surface area contributed by atoms with Gasteiger partial charge in [0.1, 0.15) is 17.3 Å². The smallest absolute Gasteiger partial charge is 0.255 e. The zero-order valence-electron chi connectivity index (χ0n) is 15.5. The standard InChI is InChI=1S/C22H21N3O2S/c1-2-3-4-8-16-11-12-18(21(23)24-16)22(27)25-20(19-10-6-13-28-19)15-7-5-9-17(26)14-15/h5-7,9-14,20,26H,2-3H2,1H3,(H2,23,24)(H,25,27). The predicted octanol–water partition coefficient (Wildman–Crippen LogP) is 4.10. The Kier molecular flexibility index (Phi) is 6.30. The van der Waals surface area contributed by atoms with Crippen molar-refractivity contribution in [2.45, 2.75) is 25.8 Å². The number of unbranched alkanes of at least 4 members (excludes halogenated alkanes) is 1. The minimum Gasteiger partial charge on any atom is -0.508 e. The fraction of sp³-hybridized carbons (Fsp3) is 0.182. The first-order valence-electron chi connectivity index (χ1n) is 8.97. The zero-order valence-corrected chi connectivity index (χ0v) is 16.3. The second-order valence-corrected chi connectivity index (χ2v) is 7.18. The van der Waals surface area contributed by atoms with E-state index in [1.54, 1.807) is 30.3 Å². The third kappa shape index (κ3) is 4.70. The molecule has 0 bridgehead atoms. The molecule has 4 N–H and O–H groups in total. The molecule has 2 heterocycles. The molecule has 6 heteroatoms. The van der Waals surface area contributed by atoms with Crippen LogP contribution < -0.4 is 11.1 Å². The summed E-state index contributed by atoms with van der Waals surface area (Å²) in [6, 6.07) is 13.6. The largest absolute Gasteiger partial charge is 0.508 e. The van der Waals surface area contributed by atoms with Crippen LogP contribution in [0.3, 0.4) is 0 Å². The van der Waals surface area contributed by atoms with Crippen LogP contribution in [0.5, 0.6) is 5.75 Å². The number of phenols is 1. The van der Waals surface area contributed by atoms with Crippen molar-refractivity contribution in [1.29, 1.82) is 0 Å². The van der Waals surface area contributed by atoms with Crippen molar-refractivity contribution in [2.24, 2.45) is 0 Å². The number of aromatic hydroxyl groups is 1. The molecule has 1 unspecified atom stereocenters. The number of amides is 1. The maximum absolute atomic E-state index is 12.9. The SMILES string of the molecule is CCCC#Cc1ccc(C(=O)NC(c2cccc(O)c2)c2cccs2)c(N)n1. The van der Waals surface area contributed by atoms with E-state index in [-0.39, 0.29) is 17.5 Å². The number of phenolic OH excluding ortho intramolecular Hbond substituents is 1. The summed E-state index contributed by atoms with van der Waals surface area (Å²) in [4.78, 5) is 18.1. The third-order valence-electron chi connectivity index (χ3n) is 4.07. The van der Waals surface area contributed by atoms with Gasteiger partial charge in [-0.25, -0.2) is 4.98 Å². The van der Waals surface area contributed by atoms with Crippen LogP contribution in [0.2, 0.25) is 0 Å². The lowest BCUT2D eigenvalue weighted by Gasteiger charge is -2.19. The fourth-order valence-corrected chi connectivity index (χ4v) is 3.50. The molecule has 2 aromatic heterocycles. The Labute approximate surface area is 168 Å². The normalized spacial score (nSPS) is 11.3. The van der Waals surface area contributed by atoms with Crippen LogP contribution in [-0.4, -0.2) is 16.0 Å². The van der Waals surface area contributed by atoms with E-state index in [0.717, 1.165) is 23.3 Å². The minimum atomic E-state index is -0.400. The molecule has 0 aliphatic rings. The summed E-state index contributed by atoms with van der Waals surface area (Å²) < 4.78 is 0. The van der Waals surface area contributed by atoms with Gasteiger partial charge in [-0.15, -0.1) is 11.3 Å². The van der Waals surface area contributed by atoms with Crippen LogP contribution in [0.25, 0.3) is 0 Å². The van der Waals surface area contributed by atoms with Crippen molar-refractivity contribution in [3.63, 3.8) is 0 Å². The van der Waals surface area contributed by atoms with Crippen LogP contribution in [0, 0.1) is 11.8 Å². The van der Waals surface area contributed by atoms with Gasteiger partial charge in [-0.3, -0.25) is 4.79 Å². The van der Waals surface area contributed by atoms with Crippen LogP contribution >= 0.6 is 11.3 Å². The van der Waals surface area contributed by atoms with E-state index >= 15 is 0 Å².